The average Bonchev–Trinajstić information content (AvgIpc) is 2.75. The highest BCUT2D eigenvalue weighted by Gasteiger charge is 2.23. The van der Waals surface area contributed by atoms with Crippen LogP contribution in [0, 0.1) is 0 Å². The number of hydrogen-bond acceptors (Lipinski definition) is 5. The Morgan fingerprint density at radius 3 is 2.47 bits per heavy atom. The van der Waals surface area contributed by atoms with Crippen LogP contribution in [0.15, 0.2) is 60.7 Å². The van der Waals surface area contributed by atoms with E-state index in [-0.39, 0.29) is 6.54 Å². The van der Waals surface area contributed by atoms with E-state index in [9.17, 15) is 13.2 Å². The molecule has 0 saturated heterocycles. The van der Waals surface area contributed by atoms with Crippen LogP contribution in [0.4, 0.5) is 5.69 Å². The molecule has 0 fully saturated rings. The van der Waals surface area contributed by atoms with Gasteiger partial charge >= 0.3 is 0 Å². The van der Waals surface area contributed by atoms with E-state index < -0.39 is 15.9 Å². The maximum Gasteiger partial charge on any atom is 0.241 e. The van der Waals surface area contributed by atoms with Crippen LogP contribution in [0.5, 0.6) is 11.5 Å². The second kappa shape index (κ2) is 8.23. The third-order valence-corrected chi connectivity index (χ3v) is 5.95. The van der Waals surface area contributed by atoms with Gasteiger partial charge in [0, 0.05) is 12.6 Å². The van der Waals surface area contributed by atoms with E-state index in [0.717, 1.165) is 26.9 Å². The SMILES string of the molecule is CS(=O)(=O)N(CC(=O)NCc1ccc2ccccc2c1)c1ccc2c(c1)OCCO2. The van der Waals surface area contributed by atoms with Crippen LogP contribution in [0.3, 0.4) is 0 Å². The molecule has 30 heavy (non-hydrogen) atoms. The number of amides is 1. The largest absolute Gasteiger partial charge is 0.486 e. The molecule has 0 spiro atoms. The molecule has 8 heteroatoms. The Morgan fingerprint density at radius 2 is 1.70 bits per heavy atom. The predicted molar refractivity (Wildman–Crippen MR) is 115 cm³/mol. The van der Waals surface area contributed by atoms with E-state index in [1.165, 1.54) is 0 Å². The Bertz CT molecular complexity index is 1190. The summed E-state index contributed by atoms with van der Waals surface area (Å²) in [5, 5.41) is 5.00. The van der Waals surface area contributed by atoms with E-state index in [0.29, 0.717) is 36.9 Å². The first kappa shape index (κ1) is 20.0. The number of carbonyl (C=O) groups is 1. The van der Waals surface area contributed by atoms with Crippen LogP contribution < -0.4 is 19.1 Å². The molecule has 7 nitrogen and oxygen atoms in total. The Morgan fingerprint density at radius 1 is 0.967 bits per heavy atom. The second-order valence-electron chi connectivity index (χ2n) is 7.06. The Balaban J connectivity index is 1.47. The molecule has 3 aromatic carbocycles. The minimum Gasteiger partial charge on any atom is -0.486 e. The van der Waals surface area contributed by atoms with Crippen molar-refractivity contribution in [3.8, 4) is 11.5 Å². The normalized spacial score (nSPS) is 13.1. The lowest BCUT2D eigenvalue weighted by Crippen LogP contribution is -2.40. The molecule has 0 atom stereocenters. The molecule has 0 aromatic heterocycles. The van der Waals surface area contributed by atoms with Gasteiger partial charge in [-0.25, -0.2) is 8.42 Å². The summed E-state index contributed by atoms with van der Waals surface area (Å²) in [6, 6.07) is 18.7. The standard InChI is InChI=1S/C22H22N2O5S/c1-30(26,27)24(19-8-9-20-21(13-19)29-11-10-28-20)15-22(25)23-14-16-6-7-17-4-2-3-5-18(17)12-16/h2-9,12-13H,10-11,14-15H2,1H3,(H,23,25). The van der Waals surface area contributed by atoms with E-state index in [1.807, 2.05) is 42.5 Å². The van der Waals surface area contributed by atoms with E-state index in [1.54, 1.807) is 18.2 Å². The van der Waals surface area contributed by atoms with Gasteiger partial charge in [-0.15, -0.1) is 0 Å². The van der Waals surface area contributed by atoms with Crippen LogP contribution in [-0.2, 0) is 21.4 Å². The fraction of sp³-hybridized carbons (Fsp3) is 0.227. The molecule has 1 N–H and O–H groups in total. The number of rotatable bonds is 6. The first-order valence-corrected chi connectivity index (χ1v) is 11.4. The van der Waals surface area contributed by atoms with Gasteiger partial charge in [-0.05, 0) is 34.5 Å². The van der Waals surface area contributed by atoms with Gasteiger partial charge in [0.2, 0.25) is 15.9 Å². The average molecular weight is 426 g/mol. The maximum absolute atomic E-state index is 12.5. The van der Waals surface area contributed by atoms with Gasteiger partial charge in [-0.1, -0.05) is 36.4 Å². The summed E-state index contributed by atoms with van der Waals surface area (Å²) in [5.74, 6) is 0.617. The highest BCUT2D eigenvalue weighted by molar-refractivity contribution is 7.92. The number of anilines is 1. The molecule has 1 aliphatic heterocycles. The Hall–Kier alpha value is -3.26. The first-order valence-electron chi connectivity index (χ1n) is 9.52. The monoisotopic (exact) mass is 426 g/mol. The zero-order chi connectivity index (χ0) is 21.1. The van der Waals surface area contributed by atoms with Crippen LogP contribution >= 0.6 is 0 Å². The lowest BCUT2D eigenvalue weighted by molar-refractivity contribution is -0.119. The second-order valence-corrected chi connectivity index (χ2v) is 8.96. The van der Waals surface area contributed by atoms with E-state index in [2.05, 4.69) is 5.32 Å². The van der Waals surface area contributed by atoms with Gasteiger partial charge in [-0.3, -0.25) is 9.10 Å². The van der Waals surface area contributed by atoms with Crippen molar-refractivity contribution in [2.24, 2.45) is 0 Å². The summed E-state index contributed by atoms with van der Waals surface area (Å²) in [7, 11) is -3.68. The first-order chi connectivity index (χ1) is 14.4. The highest BCUT2D eigenvalue weighted by atomic mass is 32.2. The van der Waals surface area contributed by atoms with Gasteiger partial charge in [0.1, 0.15) is 19.8 Å². The zero-order valence-electron chi connectivity index (χ0n) is 16.5. The molecular weight excluding hydrogens is 404 g/mol. The molecule has 1 heterocycles. The summed E-state index contributed by atoms with van der Waals surface area (Å²) in [4.78, 5) is 12.5. The highest BCUT2D eigenvalue weighted by Crippen LogP contribution is 2.34. The number of fused-ring (bicyclic) bond motifs is 2. The van der Waals surface area contributed by atoms with Gasteiger partial charge < -0.3 is 14.8 Å². The number of nitrogens with one attached hydrogen (secondary N) is 1. The van der Waals surface area contributed by atoms with E-state index >= 15 is 0 Å². The van der Waals surface area contributed by atoms with Crippen LogP contribution in [0.1, 0.15) is 5.56 Å². The van der Waals surface area contributed by atoms with Crippen molar-refractivity contribution in [2.75, 3.05) is 30.3 Å². The number of hydrogen-bond donors (Lipinski definition) is 1. The van der Waals surface area contributed by atoms with Gasteiger partial charge in [-0.2, -0.15) is 0 Å². The van der Waals surface area contributed by atoms with Gasteiger partial charge in [0.15, 0.2) is 11.5 Å². The molecule has 0 aliphatic carbocycles. The predicted octanol–water partition coefficient (Wildman–Crippen LogP) is 2.69. The van der Waals surface area contributed by atoms with Crippen molar-refractivity contribution in [1.82, 2.24) is 5.32 Å². The smallest absolute Gasteiger partial charge is 0.241 e. The van der Waals surface area contributed by atoms with Crippen molar-refractivity contribution in [2.45, 2.75) is 6.54 Å². The summed E-state index contributed by atoms with van der Waals surface area (Å²) >= 11 is 0. The Kier molecular flexibility index (Phi) is 5.50. The number of benzene rings is 3. The zero-order valence-corrected chi connectivity index (χ0v) is 17.3. The topological polar surface area (TPSA) is 84.9 Å². The number of sulfonamides is 1. The molecule has 0 radical (unpaired) electrons. The minimum absolute atomic E-state index is 0.308. The summed E-state index contributed by atoms with van der Waals surface area (Å²) in [6.07, 6.45) is 1.07. The number of nitrogens with zero attached hydrogens (tertiary/aromatic N) is 1. The Labute approximate surface area is 175 Å². The van der Waals surface area contributed by atoms with Crippen molar-refractivity contribution in [1.29, 1.82) is 0 Å². The maximum atomic E-state index is 12.5. The molecular formula is C22H22N2O5S. The summed E-state index contributed by atoms with van der Waals surface area (Å²) < 4.78 is 36.7. The third kappa shape index (κ3) is 4.49. The number of carbonyl (C=O) groups excluding carboxylic acids is 1. The lowest BCUT2D eigenvalue weighted by Gasteiger charge is -2.24. The fourth-order valence-electron chi connectivity index (χ4n) is 3.32. The van der Waals surface area contributed by atoms with Crippen LogP contribution in [0.25, 0.3) is 10.8 Å². The lowest BCUT2D eigenvalue weighted by atomic mass is 10.1. The summed E-state index contributed by atoms with van der Waals surface area (Å²) in [6.45, 7) is 0.815. The molecule has 0 saturated carbocycles. The van der Waals surface area contributed by atoms with Crippen molar-refractivity contribution in [3.05, 3.63) is 66.2 Å². The molecule has 3 aromatic rings. The molecule has 0 unspecified atom stereocenters. The molecule has 4 rings (SSSR count). The van der Waals surface area contributed by atoms with Gasteiger partial charge in [0.05, 0.1) is 11.9 Å². The number of ether oxygens (including phenoxy) is 2. The van der Waals surface area contributed by atoms with Crippen molar-refractivity contribution in [3.63, 3.8) is 0 Å². The molecule has 1 amide bonds. The van der Waals surface area contributed by atoms with Crippen LogP contribution in [0.2, 0.25) is 0 Å². The third-order valence-electron chi connectivity index (χ3n) is 4.80. The molecule has 1 aliphatic rings. The van der Waals surface area contributed by atoms with Crippen molar-refractivity contribution >= 4 is 32.4 Å². The van der Waals surface area contributed by atoms with Gasteiger partial charge in [0.25, 0.3) is 0 Å². The fourth-order valence-corrected chi connectivity index (χ4v) is 4.17. The quantitative estimate of drug-likeness (QED) is 0.655. The minimum atomic E-state index is -3.68. The molecule has 156 valence electrons. The van der Waals surface area contributed by atoms with Crippen molar-refractivity contribution < 1.29 is 22.7 Å². The van der Waals surface area contributed by atoms with Crippen LogP contribution in [-0.4, -0.2) is 40.3 Å². The van der Waals surface area contributed by atoms with E-state index in [4.69, 9.17) is 9.47 Å². The summed E-state index contributed by atoms with van der Waals surface area (Å²) in [5.41, 5.74) is 1.29. The molecule has 0 bridgehead atoms.